The highest BCUT2D eigenvalue weighted by atomic mass is 16.8. The summed E-state index contributed by atoms with van der Waals surface area (Å²) in [5.41, 5.74) is 1.26. The third-order valence-electron chi connectivity index (χ3n) is 3.71. The fourth-order valence-electron chi connectivity index (χ4n) is 3.09. The topological polar surface area (TPSA) is 18.5 Å². The molecule has 3 atom stereocenters. The number of rotatable bonds is 2. The Morgan fingerprint density at radius 3 is 2.28 bits per heavy atom. The van der Waals surface area contributed by atoms with Crippen molar-refractivity contribution in [3.05, 3.63) is 35.9 Å². The van der Waals surface area contributed by atoms with Crippen LogP contribution >= 0.6 is 0 Å². The minimum absolute atomic E-state index is 0.133. The van der Waals surface area contributed by atoms with Gasteiger partial charge in [-0.2, -0.15) is 0 Å². The van der Waals surface area contributed by atoms with Gasteiger partial charge in [-0.15, -0.1) is 0 Å². The number of hydrogen-bond acceptors (Lipinski definition) is 2. The monoisotopic (exact) mass is 244 g/mol. The first-order valence-electron chi connectivity index (χ1n) is 6.50. The van der Waals surface area contributed by atoms with Gasteiger partial charge < -0.3 is 13.9 Å². The lowest BCUT2D eigenvalue weighted by molar-refractivity contribution is -0.822. The van der Waals surface area contributed by atoms with Gasteiger partial charge in [-0.3, -0.25) is 0 Å². The number of nitrogens with zero attached hydrogens (tertiary/aromatic N) is 1. The van der Waals surface area contributed by atoms with Crippen molar-refractivity contribution in [3.63, 3.8) is 0 Å². The van der Waals surface area contributed by atoms with Crippen LogP contribution in [-0.2, 0) is 16.0 Å². The van der Waals surface area contributed by atoms with E-state index in [1.54, 1.807) is 0 Å². The molecule has 0 amide bonds. The zero-order chi connectivity index (χ0) is 12.8. The van der Waals surface area contributed by atoms with Crippen LogP contribution in [0.15, 0.2) is 30.3 Å². The molecule has 0 aromatic heterocycles. The molecular formula is C14H19BNO2. The van der Waals surface area contributed by atoms with E-state index in [0.29, 0.717) is 4.39 Å². The Kier molecular flexibility index (Phi) is 2.77. The van der Waals surface area contributed by atoms with Gasteiger partial charge in [0.15, 0.2) is 5.79 Å². The van der Waals surface area contributed by atoms with Crippen molar-refractivity contribution in [3.8, 4) is 0 Å². The third-order valence-corrected chi connectivity index (χ3v) is 3.71. The summed E-state index contributed by atoms with van der Waals surface area (Å²) >= 11 is 0. The smallest absolute Gasteiger partial charge is 0.164 e. The number of likely N-dealkylation sites (tertiary alicyclic amines) is 1. The maximum Gasteiger partial charge on any atom is 0.164 e. The summed E-state index contributed by atoms with van der Waals surface area (Å²) in [7, 11) is 6.45. The summed E-state index contributed by atoms with van der Waals surface area (Å²) in [5, 5.41) is 0. The number of ether oxygens (including phenoxy) is 2. The molecule has 2 aliphatic heterocycles. The Labute approximate surface area is 110 Å². The molecule has 2 saturated heterocycles. The van der Waals surface area contributed by atoms with E-state index in [1.807, 2.05) is 19.9 Å². The zero-order valence-corrected chi connectivity index (χ0v) is 11.0. The molecule has 2 fully saturated rings. The molecule has 1 aromatic rings. The van der Waals surface area contributed by atoms with Crippen molar-refractivity contribution in [2.24, 2.45) is 0 Å². The molecule has 3 radical (unpaired) electrons. The van der Waals surface area contributed by atoms with E-state index < -0.39 is 5.79 Å². The van der Waals surface area contributed by atoms with Crippen LogP contribution in [0.25, 0.3) is 0 Å². The lowest BCUT2D eigenvalue weighted by atomic mass is 10.1. The fourth-order valence-corrected chi connectivity index (χ4v) is 3.09. The molecule has 2 aliphatic rings. The number of hydrogen-bond donors (Lipinski definition) is 0. The molecule has 3 nitrogen and oxygen atoms in total. The molecule has 3 rings (SSSR count). The van der Waals surface area contributed by atoms with Crippen LogP contribution in [0, 0.1) is 0 Å². The van der Waals surface area contributed by atoms with Crippen molar-refractivity contribution in [2.75, 3.05) is 13.1 Å². The Morgan fingerprint density at radius 2 is 1.72 bits per heavy atom. The summed E-state index contributed by atoms with van der Waals surface area (Å²) in [4.78, 5) is 0. The average molecular weight is 244 g/mol. The highest BCUT2D eigenvalue weighted by molar-refractivity contribution is 5.97. The van der Waals surface area contributed by atoms with Gasteiger partial charge in [0.1, 0.15) is 12.2 Å². The van der Waals surface area contributed by atoms with Gasteiger partial charge >= 0.3 is 0 Å². The molecule has 2 heterocycles. The maximum absolute atomic E-state index is 6.45. The molecule has 95 valence electrons. The first kappa shape index (κ1) is 12.2. The van der Waals surface area contributed by atoms with Crippen LogP contribution in [0.5, 0.6) is 0 Å². The first-order chi connectivity index (χ1) is 8.46. The molecule has 0 spiro atoms. The van der Waals surface area contributed by atoms with Crippen LogP contribution in [-0.4, -0.2) is 43.5 Å². The summed E-state index contributed by atoms with van der Waals surface area (Å²) in [5.74, 6) is -0.451. The predicted octanol–water partition coefficient (Wildman–Crippen LogP) is 1.62. The van der Waals surface area contributed by atoms with Crippen LogP contribution < -0.4 is 0 Å². The fraction of sp³-hybridized carbons (Fsp3) is 0.571. The molecular weight excluding hydrogens is 225 g/mol. The van der Waals surface area contributed by atoms with Gasteiger partial charge in [-0.05, 0) is 13.8 Å². The molecule has 0 bridgehead atoms. The molecule has 0 aliphatic carbocycles. The van der Waals surface area contributed by atoms with Crippen LogP contribution in [0.1, 0.15) is 19.4 Å². The van der Waals surface area contributed by atoms with Gasteiger partial charge in [0, 0.05) is 5.56 Å². The number of quaternary nitrogens is 1. The van der Waals surface area contributed by atoms with Gasteiger partial charge in [0.25, 0.3) is 0 Å². The second-order valence-corrected chi connectivity index (χ2v) is 5.94. The minimum Gasteiger partial charge on any atom is -0.580 e. The van der Waals surface area contributed by atoms with E-state index >= 15 is 0 Å². The molecule has 4 heteroatoms. The van der Waals surface area contributed by atoms with Crippen LogP contribution in [0.2, 0.25) is 0 Å². The van der Waals surface area contributed by atoms with E-state index in [4.69, 9.17) is 17.5 Å². The van der Waals surface area contributed by atoms with Gasteiger partial charge in [-0.25, -0.2) is 7.98 Å². The van der Waals surface area contributed by atoms with Crippen molar-refractivity contribution < 1.29 is 13.9 Å². The second-order valence-electron chi connectivity index (χ2n) is 5.94. The van der Waals surface area contributed by atoms with Crippen LogP contribution in [0.3, 0.4) is 0 Å². The molecule has 1 aromatic carbocycles. The van der Waals surface area contributed by atoms with Crippen molar-refractivity contribution in [1.82, 2.24) is 0 Å². The van der Waals surface area contributed by atoms with E-state index in [2.05, 4.69) is 24.3 Å². The van der Waals surface area contributed by atoms with Crippen molar-refractivity contribution >= 4 is 7.98 Å². The van der Waals surface area contributed by atoms with Gasteiger partial charge in [0.2, 0.25) is 0 Å². The molecule has 1 unspecified atom stereocenters. The van der Waals surface area contributed by atoms with E-state index in [-0.39, 0.29) is 12.2 Å². The number of benzene rings is 1. The largest absolute Gasteiger partial charge is 0.580 e. The zero-order valence-electron chi connectivity index (χ0n) is 11.0. The van der Waals surface area contributed by atoms with Crippen molar-refractivity contribution in [1.29, 1.82) is 0 Å². The van der Waals surface area contributed by atoms with Gasteiger partial charge in [-0.1, -0.05) is 30.3 Å². The third kappa shape index (κ3) is 2.33. The molecule has 18 heavy (non-hydrogen) atoms. The molecule has 0 N–H and O–H groups in total. The Balaban J connectivity index is 1.69. The quantitative estimate of drug-likeness (QED) is 0.736. The minimum atomic E-state index is -0.451. The van der Waals surface area contributed by atoms with Gasteiger partial charge in [0.05, 0.1) is 19.6 Å². The Morgan fingerprint density at radius 1 is 1.17 bits per heavy atom. The SMILES string of the molecule is [B-][N+]1(Cc2ccccc2)C[C@@H]2OC(C)(C)O[C@@H]2C1. The van der Waals surface area contributed by atoms with Crippen molar-refractivity contribution in [2.45, 2.75) is 38.4 Å². The summed E-state index contributed by atoms with van der Waals surface area (Å²) in [6.45, 7) is 6.41. The Hall–Kier alpha value is -0.835. The standard InChI is InChI=1S/C14H19BNO2/c1-14(2)17-12-9-16(15,10-13(12)18-14)8-11-6-4-3-5-7-11/h3-7,12-13H,8-10H2,1-2H3/t12-,13+,16?. The van der Waals surface area contributed by atoms with E-state index in [1.165, 1.54) is 5.56 Å². The lowest BCUT2D eigenvalue weighted by Crippen LogP contribution is -2.45. The highest BCUT2D eigenvalue weighted by Gasteiger charge is 2.49. The highest BCUT2D eigenvalue weighted by Crippen LogP contribution is 2.36. The lowest BCUT2D eigenvalue weighted by Gasteiger charge is -2.46. The summed E-state index contributed by atoms with van der Waals surface area (Å²) in [6, 6.07) is 10.4. The summed E-state index contributed by atoms with van der Waals surface area (Å²) in [6.07, 6.45) is 0.266. The predicted molar refractivity (Wildman–Crippen MR) is 69.7 cm³/mol. The Bertz CT molecular complexity index is 419. The summed E-state index contributed by atoms with van der Waals surface area (Å²) < 4.78 is 12.3. The van der Waals surface area contributed by atoms with E-state index in [9.17, 15) is 0 Å². The first-order valence-corrected chi connectivity index (χ1v) is 6.50. The van der Waals surface area contributed by atoms with Crippen LogP contribution in [0.4, 0.5) is 0 Å². The van der Waals surface area contributed by atoms with E-state index in [0.717, 1.165) is 19.6 Å². The number of fused-ring (bicyclic) bond motifs is 1. The average Bonchev–Trinajstić information content (AvgIpc) is 2.67. The maximum atomic E-state index is 6.45. The normalized spacial score (nSPS) is 37.7. The molecule has 0 saturated carbocycles. The second kappa shape index (κ2) is 4.09.